The molecule has 24 heavy (non-hydrogen) atoms. The molecule has 0 bridgehead atoms. The van der Waals surface area contributed by atoms with E-state index in [9.17, 15) is 0 Å². The Bertz CT molecular complexity index is 790. The second-order valence-corrected chi connectivity index (χ2v) is 6.52. The number of hydrogen-bond acceptors (Lipinski definition) is 4. The Morgan fingerprint density at radius 3 is 2.62 bits per heavy atom. The van der Waals surface area contributed by atoms with E-state index < -0.39 is 0 Å². The molecule has 0 amide bonds. The number of thioether (sulfide) groups is 1. The molecule has 0 atom stereocenters. The molecule has 0 unspecified atom stereocenters. The lowest BCUT2D eigenvalue weighted by Gasteiger charge is -2.15. The van der Waals surface area contributed by atoms with Crippen molar-refractivity contribution in [1.29, 1.82) is 0 Å². The van der Waals surface area contributed by atoms with Crippen molar-refractivity contribution in [3.63, 3.8) is 0 Å². The summed E-state index contributed by atoms with van der Waals surface area (Å²) in [6.07, 6.45) is 0. The molecule has 1 N–H and O–H groups in total. The van der Waals surface area contributed by atoms with Gasteiger partial charge in [0.1, 0.15) is 5.75 Å². The molecule has 0 spiro atoms. The number of nitrogens with one attached hydrogen (secondary N) is 1. The molecule has 1 aromatic carbocycles. The fourth-order valence-electron chi connectivity index (χ4n) is 2.86. The van der Waals surface area contributed by atoms with E-state index in [0.29, 0.717) is 0 Å². The van der Waals surface area contributed by atoms with Crippen LogP contribution in [0.1, 0.15) is 23.9 Å². The summed E-state index contributed by atoms with van der Waals surface area (Å²) in [5.74, 6) is 1.69. The topological polar surface area (TPSA) is 50.9 Å². The molecule has 0 saturated heterocycles. The summed E-state index contributed by atoms with van der Waals surface area (Å²) >= 11 is 1.70. The Morgan fingerprint density at radius 1 is 1.29 bits per heavy atom. The molecule has 6 heteroatoms. The zero-order chi connectivity index (χ0) is 17.1. The van der Waals surface area contributed by atoms with Crippen molar-refractivity contribution in [3.05, 3.63) is 47.3 Å². The standard InChI is InChI=1S/C18H22N4OS/c1-5-19-18-21-20-17(11-24-18)16-10-12(2)22(13(16)3)14-6-8-15(23-4)9-7-14/h6-10H,5,11H2,1-4H3,(H,19,21). The van der Waals surface area contributed by atoms with Crippen LogP contribution in [-0.2, 0) is 0 Å². The third kappa shape index (κ3) is 3.19. The fourth-order valence-corrected chi connectivity index (χ4v) is 3.69. The van der Waals surface area contributed by atoms with Gasteiger partial charge in [-0.25, -0.2) is 0 Å². The van der Waals surface area contributed by atoms with E-state index in [4.69, 9.17) is 4.74 Å². The number of amidine groups is 1. The van der Waals surface area contributed by atoms with Gasteiger partial charge in [0.25, 0.3) is 0 Å². The zero-order valence-electron chi connectivity index (χ0n) is 14.5. The third-order valence-electron chi connectivity index (χ3n) is 4.01. The van der Waals surface area contributed by atoms with Gasteiger partial charge in [-0.1, -0.05) is 11.8 Å². The minimum absolute atomic E-state index is 0.770. The molecule has 0 aliphatic carbocycles. The molecular formula is C18H22N4OS. The second-order valence-electron chi connectivity index (χ2n) is 5.56. The van der Waals surface area contributed by atoms with Crippen LogP contribution in [-0.4, -0.2) is 34.9 Å². The quantitative estimate of drug-likeness (QED) is 0.925. The van der Waals surface area contributed by atoms with Crippen LogP contribution in [0.15, 0.2) is 40.4 Å². The smallest absolute Gasteiger partial charge is 0.177 e. The first kappa shape index (κ1) is 16.6. The van der Waals surface area contributed by atoms with Gasteiger partial charge < -0.3 is 9.30 Å². The molecule has 2 aromatic rings. The number of nitrogens with zero attached hydrogens (tertiary/aromatic N) is 3. The number of ether oxygens (including phenoxy) is 1. The summed E-state index contributed by atoms with van der Waals surface area (Å²) in [4.78, 5) is 4.37. The predicted molar refractivity (Wildman–Crippen MR) is 102 cm³/mol. The van der Waals surface area contributed by atoms with E-state index in [1.807, 2.05) is 19.1 Å². The van der Waals surface area contributed by atoms with Crippen LogP contribution in [0, 0.1) is 13.8 Å². The molecule has 0 saturated carbocycles. The van der Waals surface area contributed by atoms with Crippen LogP contribution < -0.4 is 10.2 Å². The number of aromatic nitrogens is 1. The minimum Gasteiger partial charge on any atom is -0.497 e. The van der Waals surface area contributed by atoms with Crippen LogP contribution in [0.3, 0.4) is 0 Å². The molecule has 5 nitrogen and oxygen atoms in total. The molecule has 2 heterocycles. The average molecular weight is 342 g/mol. The Kier molecular flexibility index (Phi) is 4.94. The molecule has 0 fully saturated rings. The highest BCUT2D eigenvalue weighted by atomic mass is 32.2. The molecule has 126 valence electrons. The molecule has 1 aliphatic heterocycles. The van der Waals surface area contributed by atoms with Gasteiger partial charge in [0.05, 0.1) is 12.8 Å². The van der Waals surface area contributed by atoms with Gasteiger partial charge in [0, 0.05) is 34.9 Å². The lowest BCUT2D eigenvalue weighted by Crippen LogP contribution is -2.25. The highest BCUT2D eigenvalue weighted by molar-refractivity contribution is 8.14. The predicted octanol–water partition coefficient (Wildman–Crippen LogP) is 3.52. The number of aryl methyl sites for hydroxylation is 1. The minimum atomic E-state index is 0.770. The maximum atomic E-state index is 5.25. The number of hydrazone groups is 1. The molecule has 1 aliphatic rings. The summed E-state index contributed by atoms with van der Waals surface area (Å²) < 4.78 is 7.49. The Labute approximate surface area is 146 Å². The van der Waals surface area contributed by atoms with Crippen molar-refractivity contribution >= 4 is 22.6 Å². The van der Waals surface area contributed by atoms with Gasteiger partial charge in [-0.05, 0) is 51.1 Å². The van der Waals surface area contributed by atoms with Gasteiger partial charge in [-0.15, -0.1) is 0 Å². The summed E-state index contributed by atoms with van der Waals surface area (Å²) in [5, 5.41) is 5.41. The van der Waals surface area contributed by atoms with Crippen molar-refractivity contribution in [2.45, 2.75) is 20.8 Å². The van der Waals surface area contributed by atoms with E-state index in [1.165, 1.54) is 17.0 Å². The molecule has 1 aromatic heterocycles. The third-order valence-corrected chi connectivity index (χ3v) is 4.92. The van der Waals surface area contributed by atoms with Gasteiger partial charge in [-0.3, -0.25) is 10.4 Å². The highest BCUT2D eigenvalue weighted by Crippen LogP contribution is 2.25. The summed E-state index contributed by atoms with van der Waals surface area (Å²) in [6.45, 7) is 7.05. The first-order chi connectivity index (χ1) is 11.6. The monoisotopic (exact) mass is 342 g/mol. The van der Waals surface area contributed by atoms with E-state index in [2.05, 4.69) is 52.1 Å². The molecular weight excluding hydrogens is 320 g/mol. The van der Waals surface area contributed by atoms with E-state index in [0.717, 1.165) is 34.6 Å². The van der Waals surface area contributed by atoms with Crippen molar-refractivity contribution in [3.8, 4) is 11.4 Å². The first-order valence-corrected chi connectivity index (χ1v) is 8.96. The van der Waals surface area contributed by atoms with Gasteiger partial charge in [-0.2, -0.15) is 5.10 Å². The van der Waals surface area contributed by atoms with Crippen molar-refractivity contribution < 1.29 is 4.74 Å². The van der Waals surface area contributed by atoms with E-state index >= 15 is 0 Å². The highest BCUT2D eigenvalue weighted by Gasteiger charge is 2.19. The van der Waals surface area contributed by atoms with E-state index in [-0.39, 0.29) is 0 Å². The second kappa shape index (κ2) is 7.13. The van der Waals surface area contributed by atoms with Gasteiger partial charge in [0.2, 0.25) is 0 Å². The lowest BCUT2D eigenvalue weighted by atomic mass is 10.1. The number of aliphatic imine (C=N–C) groups is 1. The Hall–Kier alpha value is -2.21. The van der Waals surface area contributed by atoms with Crippen LogP contribution in [0.5, 0.6) is 5.75 Å². The summed E-state index contributed by atoms with van der Waals surface area (Å²) in [7, 11) is 1.68. The average Bonchev–Trinajstić information content (AvgIpc) is 2.90. The van der Waals surface area contributed by atoms with Crippen molar-refractivity contribution in [1.82, 2.24) is 9.99 Å². The van der Waals surface area contributed by atoms with Crippen LogP contribution in [0.4, 0.5) is 0 Å². The van der Waals surface area contributed by atoms with Gasteiger partial charge in [0.15, 0.2) is 5.17 Å². The fraction of sp³-hybridized carbons (Fsp3) is 0.333. The number of rotatable bonds is 4. The van der Waals surface area contributed by atoms with Crippen LogP contribution in [0.2, 0.25) is 0 Å². The lowest BCUT2D eigenvalue weighted by molar-refractivity contribution is 0.414. The van der Waals surface area contributed by atoms with E-state index in [1.54, 1.807) is 18.9 Å². The Balaban J connectivity index is 1.93. The Morgan fingerprint density at radius 2 is 2.04 bits per heavy atom. The number of methoxy groups -OCH3 is 1. The normalized spacial score (nSPS) is 16.0. The van der Waals surface area contributed by atoms with Gasteiger partial charge >= 0.3 is 0 Å². The zero-order valence-corrected chi connectivity index (χ0v) is 15.3. The summed E-state index contributed by atoms with van der Waals surface area (Å²) in [6, 6.07) is 10.3. The largest absolute Gasteiger partial charge is 0.497 e. The number of benzene rings is 1. The first-order valence-electron chi connectivity index (χ1n) is 7.97. The summed E-state index contributed by atoms with van der Waals surface area (Å²) in [5.41, 5.74) is 8.80. The van der Waals surface area contributed by atoms with Crippen LogP contribution >= 0.6 is 11.8 Å². The molecule has 3 rings (SSSR count). The van der Waals surface area contributed by atoms with Crippen molar-refractivity contribution in [2.75, 3.05) is 19.4 Å². The maximum absolute atomic E-state index is 5.25. The van der Waals surface area contributed by atoms with Crippen molar-refractivity contribution in [2.24, 2.45) is 10.1 Å². The molecule has 0 radical (unpaired) electrons. The SMILES string of the molecule is CCN=C1NN=C(c2cc(C)n(-c3ccc(OC)cc3)c2C)CS1. The number of hydrogen-bond donors (Lipinski definition) is 1. The maximum Gasteiger partial charge on any atom is 0.177 e. The van der Waals surface area contributed by atoms with Crippen LogP contribution in [0.25, 0.3) is 5.69 Å².